The maximum absolute atomic E-state index is 11.3. The maximum atomic E-state index is 11.3. The first-order chi connectivity index (χ1) is 8.13. The number of carboxylic acid groups (broad SMARTS) is 1. The molecular weight excluding hydrogens is 230 g/mol. The van der Waals surface area contributed by atoms with Gasteiger partial charge in [-0.2, -0.15) is 0 Å². The Hall–Kier alpha value is -0.610. The molecule has 0 aliphatic carbocycles. The van der Waals surface area contributed by atoms with Gasteiger partial charge in [-0.1, -0.05) is 0 Å². The number of hydrogen-bond donors (Lipinski definition) is 2. The second-order valence-electron chi connectivity index (χ2n) is 6.73. The molecule has 0 spiro atoms. The summed E-state index contributed by atoms with van der Waals surface area (Å²) in [5, 5.41) is 19.0. The lowest BCUT2D eigenvalue weighted by Gasteiger charge is -2.39. The molecule has 2 N–H and O–H groups in total. The van der Waals surface area contributed by atoms with Crippen LogP contribution in [0.4, 0.5) is 0 Å². The highest BCUT2D eigenvalue weighted by atomic mass is 16.4. The summed E-state index contributed by atoms with van der Waals surface area (Å²) in [7, 11) is 0. The van der Waals surface area contributed by atoms with Gasteiger partial charge in [-0.3, -0.25) is 4.79 Å². The Morgan fingerprint density at radius 2 is 1.94 bits per heavy atom. The first-order valence-corrected chi connectivity index (χ1v) is 6.81. The maximum Gasteiger partial charge on any atom is 0.309 e. The van der Waals surface area contributed by atoms with E-state index in [0.717, 1.165) is 38.9 Å². The van der Waals surface area contributed by atoms with Crippen molar-refractivity contribution in [3.8, 4) is 0 Å². The summed E-state index contributed by atoms with van der Waals surface area (Å²) in [4.78, 5) is 13.6. The van der Waals surface area contributed by atoms with Gasteiger partial charge in [0.1, 0.15) is 0 Å². The summed E-state index contributed by atoms with van der Waals surface area (Å²) < 4.78 is 0. The molecular formula is C14H27NO3. The van der Waals surface area contributed by atoms with E-state index in [4.69, 9.17) is 0 Å². The molecule has 1 aliphatic heterocycles. The van der Waals surface area contributed by atoms with Gasteiger partial charge in [-0.05, 0) is 59.4 Å². The number of piperidine rings is 1. The summed E-state index contributed by atoms with van der Waals surface area (Å²) in [5.41, 5.74) is -1.30. The molecule has 1 atom stereocenters. The topological polar surface area (TPSA) is 60.8 Å². The van der Waals surface area contributed by atoms with Crippen LogP contribution in [0.1, 0.15) is 47.0 Å². The van der Waals surface area contributed by atoms with Crippen molar-refractivity contribution in [3.05, 3.63) is 0 Å². The number of nitrogens with zero attached hydrogens (tertiary/aromatic N) is 1. The lowest BCUT2D eigenvalue weighted by Crippen LogP contribution is -2.45. The van der Waals surface area contributed by atoms with Crippen LogP contribution in [-0.2, 0) is 4.79 Å². The molecule has 0 amide bonds. The first kappa shape index (κ1) is 15.4. The van der Waals surface area contributed by atoms with E-state index < -0.39 is 17.0 Å². The molecule has 0 bridgehead atoms. The Kier molecular flexibility index (Phi) is 4.78. The second-order valence-corrected chi connectivity index (χ2v) is 6.73. The van der Waals surface area contributed by atoms with Crippen LogP contribution in [0.5, 0.6) is 0 Å². The van der Waals surface area contributed by atoms with Crippen LogP contribution in [0.2, 0.25) is 0 Å². The number of carboxylic acids is 1. The van der Waals surface area contributed by atoms with E-state index in [1.165, 1.54) is 0 Å². The number of likely N-dealkylation sites (tertiary alicyclic amines) is 1. The van der Waals surface area contributed by atoms with Crippen LogP contribution >= 0.6 is 0 Å². The Morgan fingerprint density at radius 1 is 1.33 bits per heavy atom. The molecule has 0 aromatic rings. The van der Waals surface area contributed by atoms with Crippen LogP contribution in [0, 0.1) is 11.3 Å². The summed E-state index contributed by atoms with van der Waals surface area (Å²) >= 11 is 0. The van der Waals surface area contributed by atoms with Gasteiger partial charge >= 0.3 is 5.97 Å². The molecule has 0 aromatic heterocycles. The van der Waals surface area contributed by atoms with Crippen LogP contribution in [0.3, 0.4) is 0 Å². The SMILES string of the molecule is CC(C)(O)CCN1CCCC(C(C)(C)C(=O)O)C1. The van der Waals surface area contributed by atoms with E-state index in [2.05, 4.69) is 4.90 Å². The molecule has 1 fully saturated rings. The minimum absolute atomic E-state index is 0.200. The summed E-state index contributed by atoms with van der Waals surface area (Å²) in [6.07, 6.45) is 2.76. The third-order valence-electron chi connectivity index (χ3n) is 4.12. The van der Waals surface area contributed by atoms with Crippen molar-refractivity contribution in [3.63, 3.8) is 0 Å². The van der Waals surface area contributed by atoms with E-state index in [9.17, 15) is 15.0 Å². The Labute approximate surface area is 110 Å². The largest absolute Gasteiger partial charge is 0.481 e. The number of rotatable bonds is 5. The van der Waals surface area contributed by atoms with Gasteiger partial charge in [-0.25, -0.2) is 0 Å². The zero-order valence-corrected chi connectivity index (χ0v) is 12.1. The molecule has 0 aromatic carbocycles. The van der Waals surface area contributed by atoms with Gasteiger partial charge in [-0.15, -0.1) is 0 Å². The predicted octanol–water partition coefficient (Wildman–Crippen LogP) is 1.97. The Balaban J connectivity index is 2.54. The van der Waals surface area contributed by atoms with Gasteiger partial charge in [0.05, 0.1) is 11.0 Å². The highest BCUT2D eigenvalue weighted by Gasteiger charge is 2.39. The van der Waals surface area contributed by atoms with Crippen molar-refractivity contribution in [1.82, 2.24) is 4.90 Å². The third kappa shape index (κ3) is 4.25. The van der Waals surface area contributed by atoms with Gasteiger partial charge < -0.3 is 15.1 Å². The molecule has 4 heteroatoms. The molecule has 0 saturated carbocycles. The summed E-state index contributed by atoms with van der Waals surface area (Å²) in [6.45, 7) is 9.96. The lowest BCUT2D eigenvalue weighted by molar-refractivity contribution is -0.151. The standard InChI is InChI=1S/C14H27NO3/c1-13(2,18)7-9-15-8-5-6-11(10-15)14(3,4)12(16)17/h11,18H,5-10H2,1-4H3,(H,16,17). The predicted molar refractivity (Wildman–Crippen MR) is 71.5 cm³/mol. The van der Waals surface area contributed by atoms with Gasteiger partial charge in [0, 0.05) is 13.1 Å². The number of aliphatic carboxylic acids is 1. The minimum atomic E-state index is -0.711. The fraction of sp³-hybridized carbons (Fsp3) is 0.929. The highest BCUT2D eigenvalue weighted by Crippen LogP contribution is 2.34. The lowest BCUT2D eigenvalue weighted by atomic mass is 9.74. The molecule has 1 aliphatic rings. The van der Waals surface area contributed by atoms with Crippen molar-refractivity contribution in [2.24, 2.45) is 11.3 Å². The zero-order valence-electron chi connectivity index (χ0n) is 12.1. The van der Waals surface area contributed by atoms with Crippen LogP contribution in [0.15, 0.2) is 0 Å². The number of hydrogen-bond acceptors (Lipinski definition) is 3. The van der Waals surface area contributed by atoms with E-state index in [1.807, 2.05) is 27.7 Å². The normalized spacial score (nSPS) is 23.1. The van der Waals surface area contributed by atoms with Crippen molar-refractivity contribution in [2.45, 2.75) is 52.6 Å². The molecule has 106 valence electrons. The highest BCUT2D eigenvalue weighted by molar-refractivity contribution is 5.74. The van der Waals surface area contributed by atoms with Crippen molar-refractivity contribution in [1.29, 1.82) is 0 Å². The Morgan fingerprint density at radius 3 is 2.44 bits per heavy atom. The van der Waals surface area contributed by atoms with Crippen LogP contribution in [0.25, 0.3) is 0 Å². The molecule has 0 radical (unpaired) electrons. The third-order valence-corrected chi connectivity index (χ3v) is 4.12. The molecule has 1 saturated heterocycles. The second kappa shape index (κ2) is 5.57. The molecule has 18 heavy (non-hydrogen) atoms. The van der Waals surface area contributed by atoms with E-state index in [0.29, 0.717) is 0 Å². The van der Waals surface area contributed by atoms with Crippen molar-refractivity contribution < 1.29 is 15.0 Å². The summed E-state index contributed by atoms with van der Waals surface area (Å²) in [5.74, 6) is -0.512. The van der Waals surface area contributed by atoms with E-state index in [1.54, 1.807) is 0 Å². The average Bonchev–Trinajstić information content (AvgIpc) is 2.25. The van der Waals surface area contributed by atoms with Crippen LogP contribution in [-0.4, -0.2) is 46.3 Å². The van der Waals surface area contributed by atoms with E-state index in [-0.39, 0.29) is 5.92 Å². The minimum Gasteiger partial charge on any atom is -0.481 e. The van der Waals surface area contributed by atoms with Crippen LogP contribution < -0.4 is 0 Å². The molecule has 1 rings (SSSR count). The van der Waals surface area contributed by atoms with Crippen molar-refractivity contribution in [2.75, 3.05) is 19.6 Å². The quantitative estimate of drug-likeness (QED) is 0.790. The fourth-order valence-electron chi connectivity index (χ4n) is 2.45. The first-order valence-electron chi connectivity index (χ1n) is 6.81. The smallest absolute Gasteiger partial charge is 0.309 e. The monoisotopic (exact) mass is 257 g/mol. The van der Waals surface area contributed by atoms with Gasteiger partial charge in [0.25, 0.3) is 0 Å². The zero-order chi connectivity index (χ0) is 14.0. The van der Waals surface area contributed by atoms with Crippen molar-refractivity contribution >= 4 is 5.97 Å². The molecule has 4 nitrogen and oxygen atoms in total. The summed E-state index contributed by atoms with van der Waals surface area (Å²) in [6, 6.07) is 0. The van der Waals surface area contributed by atoms with Gasteiger partial charge in [0.15, 0.2) is 0 Å². The molecule has 1 unspecified atom stereocenters. The average molecular weight is 257 g/mol. The Bertz CT molecular complexity index is 294. The molecule has 1 heterocycles. The van der Waals surface area contributed by atoms with Gasteiger partial charge in [0.2, 0.25) is 0 Å². The fourth-order valence-corrected chi connectivity index (χ4v) is 2.45. The van der Waals surface area contributed by atoms with E-state index >= 15 is 0 Å². The number of carbonyl (C=O) groups is 1. The number of aliphatic hydroxyl groups is 1.